The molecule has 4 atom stereocenters. The third-order valence-electron chi connectivity index (χ3n) is 5.70. The molecule has 5 heteroatoms. The number of ether oxygens (including phenoxy) is 2. The van der Waals surface area contributed by atoms with E-state index in [-0.39, 0.29) is 30.7 Å². The standard InChI is InChI=1S/C19H34O5/c1-2-3-4-6-15(20)8-11-19-10-5-7-17(19)24-16(13-19)14-23-12-9-18(21)22/h15-17,20H,2-14H2,1H3,(H,21,22)/t15?,16-,17?,19?/m0/s1. The van der Waals surface area contributed by atoms with E-state index in [1.54, 1.807) is 0 Å². The molecule has 0 aromatic heterocycles. The van der Waals surface area contributed by atoms with Crippen molar-refractivity contribution < 1.29 is 24.5 Å². The highest BCUT2D eigenvalue weighted by molar-refractivity contribution is 5.66. The number of hydrogen-bond donors (Lipinski definition) is 2. The second kappa shape index (κ2) is 9.73. The van der Waals surface area contributed by atoms with Crippen molar-refractivity contribution in [1.82, 2.24) is 0 Å². The fourth-order valence-electron chi connectivity index (χ4n) is 4.38. The Morgan fingerprint density at radius 1 is 1.38 bits per heavy atom. The molecule has 1 aliphatic heterocycles. The van der Waals surface area contributed by atoms with Gasteiger partial charge in [0.05, 0.1) is 37.9 Å². The Morgan fingerprint density at radius 3 is 2.96 bits per heavy atom. The lowest BCUT2D eigenvalue weighted by Gasteiger charge is -2.28. The van der Waals surface area contributed by atoms with Crippen molar-refractivity contribution in [3.8, 4) is 0 Å². The number of fused-ring (bicyclic) bond motifs is 1. The lowest BCUT2D eigenvalue weighted by molar-refractivity contribution is -0.138. The molecule has 5 nitrogen and oxygen atoms in total. The lowest BCUT2D eigenvalue weighted by Crippen LogP contribution is -2.26. The van der Waals surface area contributed by atoms with Crippen molar-refractivity contribution >= 4 is 5.97 Å². The summed E-state index contributed by atoms with van der Waals surface area (Å²) in [6.45, 7) is 2.93. The van der Waals surface area contributed by atoms with Crippen LogP contribution in [0.3, 0.4) is 0 Å². The van der Waals surface area contributed by atoms with Gasteiger partial charge >= 0.3 is 5.97 Å². The zero-order chi connectivity index (χ0) is 17.4. The summed E-state index contributed by atoms with van der Waals surface area (Å²) in [5.41, 5.74) is 0.215. The van der Waals surface area contributed by atoms with Crippen molar-refractivity contribution in [2.75, 3.05) is 13.2 Å². The molecule has 1 aliphatic carbocycles. The van der Waals surface area contributed by atoms with Crippen LogP contribution in [0.25, 0.3) is 0 Å². The Hall–Kier alpha value is -0.650. The van der Waals surface area contributed by atoms with E-state index in [1.807, 2.05) is 0 Å². The van der Waals surface area contributed by atoms with Crippen LogP contribution in [0.15, 0.2) is 0 Å². The zero-order valence-corrected chi connectivity index (χ0v) is 15.0. The van der Waals surface area contributed by atoms with Crippen LogP contribution in [0, 0.1) is 5.41 Å². The molecule has 0 aromatic rings. The van der Waals surface area contributed by atoms with Crippen LogP contribution in [0.5, 0.6) is 0 Å². The molecule has 0 amide bonds. The molecule has 2 fully saturated rings. The van der Waals surface area contributed by atoms with Gasteiger partial charge in [0.2, 0.25) is 0 Å². The molecule has 2 aliphatic rings. The lowest BCUT2D eigenvalue weighted by atomic mass is 9.76. The van der Waals surface area contributed by atoms with Crippen molar-refractivity contribution in [2.45, 2.75) is 95.9 Å². The summed E-state index contributed by atoms with van der Waals surface area (Å²) in [6, 6.07) is 0. The molecule has 1 saturated carbocycles. The average Bonchev–Trinajstić information content (AvgIpc) is 3.06. The maximum absolute atomic E-state index is 10.5. The summed E-state index contributed by atoms with van der Waals surface area (Å²) in [7, 11) is 0. The summed E-state index contributed by atoms with van der Waals surface area (Å²) in [6.07, 6.45) is 11.1. The second-order valence-corrected chi connectivity index (χ2v) is 7.61. The smallest absolute Gasteiger partial charge is 0.305 e. The summed E-state index contributed by atoms with van der Waals surface area (Å²) in [4.78, 5) is 10.5. The Balaban J connectivity index is 1.72. The number of carboxylic acids is 1. The van der Waals surface area contributed by atoms with E-state index in [1.165, 1.54) is 25.7 Å². The highest BCUT2D eigenvalue weighted by Crippen LogP contribution is 2.52. The largest absolute Gasteiger partial charge is 0.481 e. The molecular formula is C19H34O5. The van der Waals surface area contributed by atoms with E-state index < -0.39 is 5.97 Å². The van der Waals surface area contributed by atoms with Gasteiger partial charge in [-0.2, -0.15) is 0 Å². The molecule has 140 valence electrons. The number of aliphatic carboxylic acids is 1. The Labute approximate surface area is 145 Å². The first kappa shape index (κ1) is 19.7. The maximum atomic E-state index is 10.5. The predicted molar refractivity (Wildman–Crippen MR) is 92.0 cm³/mol. The first-order chi connectivity index (χ1) is 11.6. The van der Waals surface area contributed by atoms with E-state index in [0.29, 0.717) is 12.7 Å². The van der Waals surface area contributed by atoms with E-state index in [2.05, 4.69) is 6.92 Å². The molecule has 0 aromatic carbocycles. The Morgan fingerprint density at radius 2 is 2.21 bits per heavy atom. The van der Waals surface area contributed by atoms with Crippen molar-refractivity contribution in [3.05, 3.63) is 0 Å². The summed E-state index contributed by atoms with van der Waals surface area (Å²) >= 11 is 0. The van der Waals surface area contributed by atoms with E-state index in [4.69, 9.17) is 14.6 Å². The second-order valence-electron chi connectivity index (χ2n) is 7.61. The maximum Gasteiger partial charge on any atom is 0.305 e. The van der Waals surface area contributed by atoms with Gasteiger partial charge in [-0.05, 0) is 43.9 Å². The normalized spacial score (nSPS) is 30.4. The number of aliphatic hydroxyl groups excluding tert-OH is 1. The van der Waals surface area contributed by atoms with Crippen molar-refractivity contribution in [1.29, 1.82) is 0 Å². The number of carboxylic acid groups (broad SMARTS) is 1. The van der Waals surface area contributed by atoms with Crippen LogP contribution in [-0.4, -0.2) is 47.7 Å². The minimum Gasteiger partial charge on any atom is -0.481 e. The molecule has 2 N–H and O–H groups in total. The molecule has 0 spiro atoms. The minimum atomic E-state index is -0.826. The average molecular weight is 342 g/mol. The van der Waals surface area contributed by atoms with Gasteiger partial charge in [0.25, 0.3) is 0 Å². The number of aliphatic hydroxyl groups is 1. The fraction of sp³-hybridized carbons (Fsp3) is 0.947. The SMILES string of the molecule is CCCCCC(O)CCC12CCCC1O[C@H](COCCC(=O)O)C2. The van der Waals surface area contributed by atoms with Gasteiger partial charge in [-0.1, -0.05) is 32.6 Å². The fourth-order valence-corrected chi connectivity index (χ4v) is 4.38. The zero-order valence-electron chi connectivity index (χ0n) is 15.0. The van der Waals surface area contributed by atoms with Crippen molar-refractivity contribution in [2.24, 2.45) is 5.41 Å². The molecule has 0 bridgehead atoms. The number of unbranched alkanes of at least 4 members (excludes halogenated alkanes) is 2. The van der Waals surface area contributed by atoms with Gasteiger partial charge < -0.3 is 19.7 Å². The van der Waals surface area contributed by atoms with E-state index in [0.717, 1.165) is 38.5 Å². The van der Waals surface area contributed by atoms with Gasteiger partial charge in [-0.15, -0.1) is 0 Å². The quantitative estimate of drug-likeness (QED) is 0.531. The molecule has 24 heavy (non-hydrogen) atoms. The minimum absolute atomic E-state index is 0.0469. The number of rotatable bonds is 12. The van der Waals surface area contributed by atoms with Gasteiger partial charge in [0, 0.05) is 0 Å². The Kier molecular flexibility index (Phi) is 7.98. The molecule has 3 unspecified atom stereocenters. The first-order valence-electron chi connectivity index (χ1n) is 9.69. The molecule has 1 heterocycles. The highest BCUT2D eigenvalue weighted by Gasteiger charge is 2.50. The molecular weight excluding hydrogens is 308 g/mol. The van der Waals surface area contributed by atoms with Gasteiger partial charge in [0.15, 0.2) is 0 Å². The molecule has 1 saturated heterocycles. The van der Waals surface area contributed by atoms with Crippen LogP contribution >= 0.6 is 0 Å². The molecule has 0 radical (unpaired) electrons. The summed E-state index contributed by atoms with van der Waals surface area (Å²) < 4.78 is 11.6. The third-order valence-corrected chi connectivity index (χ3v) is 5.70. The van der Waals surface area contributed by atoms with Crippen LogP contribution in [0.1, 0.15) is 77.6 Å². The van der Waals surface area contributed by atoms with Crippen molar-refractivity contribution in [3.63, 3.8) is 0 Å². The van der Waals surface area contributed by atoms with Crippen LogP contribution in [0.4, 0.5) is 0 Å². The van der Waals surface area contributed by atoms with Gasteiger partial charge in [0.1, 0.15) is 0 Å². The summed E-state index contributed by atoms with van der Waals surface area (Å²) in [5, 5.41) is 18.9. The Bertz CT molecular complexity index is 386. The predicted octanol–water partition coefficient (Wildman–Crippen LogP) is 3.53. The van der Waals surface area contributed by atoms with E-state index >= 15 is 0 Å². The topological polar surface area (TPSA) is 76.0 Å². The molecule has 2 rings (SSSR count). The van der Waals surface area contributed by atoms with Crippen LogP contribution in [-0.2, 0) is 14.3 Å². The van der Waals surface area contributed by atoms with Gasteiger partial charge in [-0.25, -0.2) is 0 Å². The number of carbonyl (C=O) groups is 1. The van der Waals surface area contributed by atoms with Crippen LogP contribution in [0.2, 0.25) is 0 Å². The summed E-state index contributed by atoms with van der Waals surface area (Å²) in [5.74, 6) is -0.826. The first-order valence-corrected chi connectivity index (χ1v) is 9.69. The third kappa shape index (κ3) is 5.71. The monoisotopic (exact) mass is 342 g/mol. The van der Waals surface area contributed by atoms with Crippen LogP contribution < -0.4 is 0 Å². The number of hydrogen-bond acceptors (Lipinski definition) is 4. The highest BCUT2D eigenvalue weighted by atomic mass is 16.5. The van der Waals surface area contributed by atoms with E-state index in [9.17, 15) is 9.90 Å². The van der Waals surface area contributed by atoms with Gasteiger partial charge in [-0.3, -0.25) is 4.79 Å².